The first-order valence-electron chi connectivity index (χ1n) is 8.76. The van der Waals surface area contributed by atoms with Gasteiger partial charge in [-0.05, 0) is 44.0 Å². The second kappa shape index (κ2) is 8.43. The monoisotopic (exact) mass is 395 g/mol. The van der Waals surface area contributed by atoms with Gasteiger partial charge in [0.05, 0.1) is 12.1 Å². The van der Waals surface area contributed by atoms with Crippen molar-refractivity contribution in [3.8, 4) is 0 Å². The normalized spacial score (nSPS) is 24.0. The number of halogens is 1. The summed E-state index contributed by atoms with van der Waals surface area (Å²) in [5, 5.41) is 3.00. The molecule has 0 bridgehead atoms. The van der Waals surface area contributed by atoms with Gasteiger partial charge in [0.2, 0.25) is 5.91 Å². The number of piperazine rings is 1. The highest BCUT2D eigenvalue weighted by molar-refractivity contribution is 9.10. The number of hydrogen-bond acceptors (Lipinski definition) is 4. The summed E-state index contributed by atoms with van der Waals surface area (Å²) >= 11 is 3.41. The SMILES string of the molecule is C[C@@H](C(=O)Nc1ccc(Br)cc1)N1CCN(C[C@@H]2CCCO2)CC1. The summed E-state index contributed by atoms with van der Waals surface area (Å²) in [6, 6.07) is 7.58. The molecule has 0 aromatic heterocycles. The molecule has 2 atom stereocenters. The number of amides is 1. The minimum Gasteiger partial charge on any atom is -0.377 e. The zero-order valence-corrected chi connectivity index (χ0v) is 15.8. The van der Waals surface area contributed by atoms with Crippen molar-refractivity contribution >= 4 is 27.5 Å². The van der Waals surface area contributed by atoms with Crippen LogP contribution in [-0.4, -0.2) is 67.2 Å². The predicted molar refractivity (Wildman–Crippen MR) is 99.2 cm³/mol. The number of rotatable bonds is 5. The van der Waals surface area contributed by atoms with E-state index in [2.05, 4.69) is 31.0 Å². The fraction of sp³-hybridized carbons (Fsp3) is 0.611. The summed E-state index contributed by atoms with van der Waals surface area (Å²) in [5.41, 5.74) is 0.840. The van der Waals surface area contributed by atoms with E-state index in [0.29, 0.717) is 6.10 Å². The van der Waals surface area contributed by atoms with Gasteiger partial charge in [0.25, 0.3) is 0 Å². The fourth-order valence-electron chi connectivity index (χ4n) is 3.36. The summed E-state index contributed by atoms with van der Waals surface area (Å²) in [6.45, 7) is 7.82. The Morgan fingerprint density at radius 3 is 2.62 bits per heavy atom. The summed E-state index contributed by atoms with van der Waals surface area (Å²) in [4.78, 5) is 17.2. The minimum absolute atomic E-state index is 0.0601. The van der Waals surface area contributed by atoms with Crippen molar-refractivity contribution in [2.24, 2.45) is 0 Å². The van der Waals surface area contributed by atoms with Crippen molar-refractivity contribution in [2.75, 3.05) is 44.6 Å². The highest BCUT2D eigenvalue weighted by atomic mass is 79.9. The molecular formula is C18H26BrN3O2. The molecule has 3 rings (SSSR count). The number of nitrogens with zero attached hydrogens (tertiary/aromatic N) is 2. The van der Waals surface area contributed by atoms with Gasteiger partial charge in [0.1, 0.15) is 0 Å². The number of nitrogens with one attached hydrogen (secondary N) is 1. The molecule has 0 radical (unpaired) electrons. The maximum Gasteiger partial charge on any atom is 0.241 e. The third-order valence-electron chi connectivity index (χ3n) is 4.93. The van der Waals surface area contributed by atoms with Crippen LogP contribution in [0.3, 0.4) is 0 Å². The van der Waals surface area contributed by atoms with Crippen LogP contribution >= 0.6 is 15.9 Å². The topological polar surface area (TPSA) is 44.8 Å². The van der Waals surface area contributed by atoms with Crippen LogP contribution < -0.4 is 5.32 Å². The first kappa shape index (κ1) is 17.9. The van der Waals surface area contributed by atoms with Crippen LogP contribution in [-0.2, 0) is 9.53 Å². The van der Waals surface area contributed by atoms with Gasteiger partial charge in [-0.3, -0.25) is 14.6 Å². The number of hydrogen-bond donors (Lipinski definition) is 1. The van der Waals surface area contributed by atoms with E-state index in [1.807, 2.05) is 31.2 Å². The lowest BCUT2D eigenvalue weighted by Crippen LogP contribution is -2.53. The molecule has 0 unspecified atom stereocenters. The summed E-state index contributed by atoms with van der Waals surface area (Å²) in [6.07, 6.45) is 2.79. The van der Waals surface area contributed by atoms with E-state index in [1.165, 1.54) is 12.8 Å². The Bertz CT molecular complexity index is 538. The second-order valence-corrected chi connectivity index (χ2v) is 7.56. The second-order valence-electron chi connectivity index (χ2n) is 6.64. The fourth-order valence-corrected chi connectivity index (χ4v) is 3.62. The molecule has 24 heavy (non-hydrogen) atoms. The van der Waals surface area contributed by atoms with Gasteiger partial charge in [0, 0.05) is 49.5 Å². The molecule has 2 saturated heterocycles. The molecule has 6 heteroatoms. The standard InChI is InChI=1S/C18H26BrN3O2/c1-14(18(23)20-16-6-4-15(19)5-7-16)22-10-8-21(9-11-22)13-17-3-2-12-24-17/h4-7,14,17H,2-3,8-13H2,1H3,(H,20,23)/t14-,17-/m0/s1. The molecule has 2 fully saturated rings. The Hall–Kier alpha value is -0.950. The Kier molecular flexibility index (Phi) is 6.27. The van der Waals surface area contributed by atoms with Crippen molar-refractivity contribution in [3.63, 3.8) is 0 Å². The first-order valence-corrected chi connectivity index (χ1v) is 9.55. The molecule has 5 nitrogen and oxygen atoms in total. The van der Waals surface area contributed by atoms with Crippen molar-refractivity contribution < 1.29 is 9.53 Å². The van der Waals surface area contributed by atoms with Crippen LogP contribution in [0.4, 0.5) is 5.69 Å². The lowest BCUT2D eigenvalue weighted by molar-refractivity contribution is -0.121. The number of anilines is 1. The first-order chi connectivity index (χ1) is 11.6. The van der Waals surface area contributed by atoms with Crippen LogP contribution in [0, 0.1) is 0 Å². The Morgan fingerprint density at radius 1 is 1.29 bits per heavy atom. The van der Waals surface area contributed by atoms with Gasteiger partial charge >= 0.3 is 0 Å². The highest BCUT2D eigenvalue weighted by Gasteiger charge is 2.27. The van der Waals surface area contributed by atoms with Gasteiger partial charge in [-0.1, -0.05) is 15.9 Å². The zero-order valence-electron chi connectivity index (χ0n) is 14.2. The number of carbonyl (C=O) groups excluding carboxylic acids is 1. The molecule has 2 aliphatic heterocycles. The van der Waals surface area contributed by atoms with E-state index in [0.717, 1.165) is 49.5 Å². The lowest BCUT2D eigenvalue weighted by Gasteiger charge is -2.38. The molecule has 0 saturated carbocycles. The molecule has 1 amide bonds. The summed E-state index contributed by atoms with van der Waals surface area (Å²) in [5.74, 6) is 0.0601. The lowest BCUT2D eigenvalue weighted by atomic mass is 10.2. The maximum atomic E-state index is 12.5. The van der Waals surface area contributed by atoms with Crippen LogP contribution in [0.1, 0.15) is 19.8 Å². The van der Waals surface area contributed by atoms with Crippen molar-refractivity contribution in [3.05, 3.63) is 28.7 Å². The van der Waals surface area contributed by atoms with E-state index >= 15 is 0 Å². The quantitative estimate of drug-likeness (QED) is 0.831. The van der Waals surface area contributed by atoms with E-state index in [1.54, 1.807) is 0 Å². The average molecular weight is 396 g/mol. The Labute approximate surface area is 152 Å². The van der Waals surface area contributed by atoms with Crippen LogP contribution in [0.2, 0.25) is 0 Å². The average Bonchev–Trinajstić information content (AvgIpc) is 3.10. The van der Waals surface area contributed by atoms with Gasteiger partial charge in [-0.15, -0.1) is 0 Å². The summed E-state index contributed by atoms with van der Waals surface area (Å²) < 4.78 is 6.73. The minimum atomic E-state index is -0.112. The van der Waals surface area contributed by atoms with Crippen LogP contribution in [0.15, 0.2) is 28.7 Å². The van der Waals surface area contributed by atoms with Crippen molar-refractivity contribution in [2.45, 2.75) is 31.9 Å². The maximum absolute atomic E-state index is 12.5. The molecule has 0 aliphatic carbocycles. The van der Waals surface area contributed by atoms with Gasteiger partial charge in [0.15, 0.2) is 0 Å². The Balaban J connectivity index is 1.44. The number of carbonyl (C=O) groups is 1. The number of ether oxygens (including phenoxy) is 1. The Morgan fingerprint density at radius 2 is 2.00 bits per heavy atom. The van der Waals surface area contributed by atoms with Gasteiger partial charge in [-0.25, -0.2) is 0 Å². The third-order valence-corrected chi connectivity index (χ3v) is 5.46. The van der Waals surface area contributed by atoms with Gasteiger partial charge in [-0.2, -0.15) is 0 Å². The van der Waals surface area contributed by atoms with Gasteiger partial charge < -0.3 is 10.1 Å². The van der Waals surface area contributed by atoms with Crippen molar-refractivity contribution in [1.29, 1.82) is 0 Å². The van der Waals surface area contributed by atoms with E-state index in [9.17, 15) is 4.79 Å². The molecule has 0 spiro atoms. The van der Waals surface area contributed by atoms with E-state index in [4.69, 9.17) is 4.74 Å². The summed E-state index contributed by atoms with van der Waals surface area (Å²) in [7, 11) is 0. The highest BCUT2D eigenvalue weighted by Crippen LogP contribution is 2.17. The largest absolute Gasteiger partial charge is 0.377 e. The molecule has 1 aromatic carbocycles. The molecule has 132 valence electrons. The molecule has 1 aromatic rings. The van der Waals surface area contributed by atoms with Crippen molar-refractivity contribution in [1.82, 2.24) is 9.80 Å². The molecular weight excluding hydrogens is 370 g/mol. The molecule has 2 heterocycles. The molecule has 2 aliphatic rings. The predicted octanol–water partition coefficient (Wildman–Crippen LogP) is 2.57. The number of benzene rings is 1. The van der Waals surface area contributed by atoms with E-state index in [-0.39, 0.29) is 11.9 Å². The zero-order chi connectivity index (χ0) is 16.9. The molecule has 1 N–H and O–H groups in total. The van der Waals surface area contributed by atoms with Crippen LogP contribution in [0.5, 0.6) is 0 Å². The van der Waals surface area contributed by atoms with Crippen LogP contribution in [0.25, 0.3) is 0 Å². The smallest absolute Gasteiger partial charge is 0.241 e. The third kappa shape index (κ3) is 4.79. The van der Waals surface area contributed by atoms with E-state index < -0.39 is 0 Å².